The molecule has 0 N–H and O–H groups in total. The first-order valence-corrected chi connectivity index (χ1v) is 8.58. The molecule has 26 heavy (non-hydrogen) atoms. The van der Waals surface area contributed by atoms with Gasteiger partial charge in [-0.3, -0.25) is 4.79 Å². The lowest BCUT2D eigenvalue weighted by molar-refractivity contribution is -0.129. The molecule has 0 bridgehead atoms. The van der Waals surface area contributed by atoms with Gasteiger partial charge in [0.2, 0.25) is 11.2 Å². The summed E-state index contributed by atoms with van der Waals surface area (Å²) >= 11 is 3.41. The lowest BCUT2D eigenvalue weighted by Gasteiger charge is -2.11. The van der Waals surface area contributed by atoms with E-state index in [1.54, 1.807) is 56.5 Å². The number of para-hydroxylation sites is 1. The third-order valence-corrected chi connectivity index (χ3v) is 4.30. The highest BCUT2D eigenvalue weighted by atomic mass is 79.9. The molecule has 3 rings (SSSR count). The van der Waals surface area contributed by atoms with E-state index in [0.717, 1.165) is 0 Å². The third-order valence-electron chi connectivity index (χ3n) is 3.68. The fourth-order valence-electron chi connectivity index (χ4n) is 2.49. The highest BCUT2D eigenvalue weighted by Gasteiger charge is 2.20. The lowest BCUT2D eigenvalue weighted by Crippen LogP contribution is -2.14. The Labute approximate surface area is 158 Å². The number of carbonyl (C=O) groups excluding carboxylic acids is 1. The number of ether oxygens (including phenoxy) is 2. The molecule has 132 valence electrons. The Morgan fingerprint density at radius 2 is 1.96 bits per heavy atom. The molecule has 0 aliphatic rings. The van der Waals surface area contributed by atoms with Crippen LogP contribution in [0.2, 0.25) is 0 Å². The van der Waals surface area contributed by atoms with E-state index in [2.05, 4.69) is 15.9 Å². The number of esters is 1. The van der Waals surface area contributed by atoms with Crippen LogP contribution in [0.3, 0.4) is 0 Å². The van der Waals surface area contributed by atoms with Gasteiger partial charge in [0, 0.05) is 11.6 Å². The van der Waals surface area contributed by atoms with E-state index in [-0.39, 0.29) is 11.5 Å². The average Bonchev–Trinajstić information content (AvgIpc) is 2.64. The predicted molar refractivity (Wildman–Crippen MR) is 103 cm³/mol. The maximum atomic E-state index is 12.9. The molecule has 0 radical (unpaired) electrons. The van der Waals surface area contributed by atoms with Crippen molar-refractivity contribution in [3.63, 3.8) is 0 Å². The third kappa shape index (κ3) is 3.41. The van der Waals surface area contributed by atoms with Crippen molar-refractivity contribution >= 4 is 32.9 Å². The molecule has 1 aromatic heterocycles. The molecule has 0 saturated carbocycles. The van der Waals surface area contributed by atoms with Crippen LogP contribution in [0.25, 0.3) is 22.3 Å². The number of benzene rings is 2. The van der Waals surface area contributed by atoms with Crippen molar-refractivity contribution in [1.82, 2.24) is 0 Å². The molecule has 2 aromatic carbocycles. The molecular formula is C20H15BrO5. The smallest absolute Gasteiger partial charge is 0.336 e. The first-order valence-electron chi connectivity index (χ1n) is 7.79. The van der Waals surface area contributed by atoms with Gasteiger partial charge >= 0.3 is 5.97 Å². The zero-order chi connectivity index (χ0) is 18.7. The lowest BCUT2D eigenvalue weighted by atomic mass is 10.1. The molecule has 3 aromatic rings. The summed E-state index contributed by atoms with van der Waals surface area (Å²) in [5.74, 6) is 0.00651. The fraction of sp³-hybridized carbons (Fsp3) is 0.100. The Balaban J connectivity index is 2.26. The summed E-state index contributed by atoms with van der Waals surface area (Å²) in [6.07, 6.45) is 2.77. The van der Waals surface area contributed by atoms with Crippen LogP contribution in [-0.4, -0.2) is 13.1 Å². The Morgan fingerprint density at radius 1 is 1.19 bits per heavy atom. The quantitative estimate of drug-likeness (QED) is 0.456. The fourth-order valence-corrected chi connectivity index (χ4v) is 3.03. The van der Waals surface area contributed by atoms with Gasteiger partial charge in [0.15, 0.2) is 5.76 Å². The normalized spacial score (nSPS) is 11.0. The second kappa shape index (κ2) is 7.58. The Kier molecular flexibility index (Phi) is 5.23. The summed E-state index contributed by atoms with van der Waals surface area (Å²) in [6, 6.07) is 12.0. The number of allylic oxidation sites excluding steroid dienone is 1. The molecule has 0 amide bonds. The molecule has 0 fully saturated rings. The Morgan fingerprint density at radius 3 is 2.65 bits per heavy atom. The van der Waals surface area contributed by atoms with Crippen LogP contribution in [0, 0.1) is 0 Å². The number of rotatable bonds is 4. The first-order chi connectivity index (χ1) is 12.5. The topological polar surface area (TPSA) is 65.7 Å². The molecular weight excluding hydrogens is 400 g/mol. The summed E-state index contributed by atoms with van der Waals surface area (Å²) in [5.41, 5.74) is 0.570. The van der Waals surface area contributed by atoms with Gasteiger partial charge in [-0.25, -0.2) is 4.79 Å². The van der Waals surface area contributed by atoms with Crippen molar-refractivity contribution in [2.75, 3.05) is 7.11 Å². The van der Waals surface area contributed by atoms with Gasteiger partial charge in [-0.05, 0) is 53.2 Å². The van der Waals surface area contributed by atoms with Crippen molar-refractivity contribution in [1.29, 1.82) is 0 Å². The molecule has 0 unspecified atom stereocenters. The van der Waals surface area contributed by atoms with E-state index in [9.17, 15) is 9.59 Å². The molecule has 1 heterocycles. The van der Waals surface area contributed by atoms with E-state index in [1.807, 2.05) is 0 Å². The monoisotopic (exact) mass is 414 g/mol. The summed E-state index contributed by atoms with van der Waals surface area (Å²) in [6.45, 7) is 1.69. The van der Waals surface area contributed by atoms with Crippen LogP contribution in [0.5, 0.6) is 11.5 Å². The highest BCUT2D eigenvalue weighted by Crippen LogP contribution is 2.35. The number of fused-ring (bicyclic) bond motifs is 1. The molecule has 0 aliphatic carbocycles. The van der Waals surface area contributed by atoms with Gasteiger partial charge in [-0.2, -0.15) is 0 Å². The van der Waals surface area contributed by atoms with Crippen LogP contribution >= 0.6 is 15.9 Å². The number of halogens is 1. The van der Waals surface area contributed by atoms with Crippen molar-refractivity contribution in [2.24, 2.45) is 0 Å². The van der Waals surface area contributed by atoms with E-state index >= 15 is 0 Å². The van der Waals surface area contributed by atoms with Crippen molar-refractivity contribution in [2.45, 2.75) is 6.92 Å². The average molecular weight is 415 g/mol. The highest BCUT2D eigenvalue weighted by molar-refractivity contribution is 9.10. The van der Waals surface area contributed by atoms with E-state index < -0.39 is 11.4 Å². The summed E-state index contributed by atoms with van der Waals surface area (Å²) in [4.78, 5) is 24.8. The molecule has 6 heteroatoms. The largest absolute Gasteiger partial charge is 0.496 e. The van der Waals surface area contributed by atoms with Crippen molar-refractivity contribution in [3.8, 4) is 22.8 Å². The number of hydrogen-bond donors (Lipinski definition) is 0. The number of hydrogen-bond acceptors (Lipinski definition) is 5. The van der Waals surface area contributed by atoms with E-state index in [1.165, 1.54) is 12.2 Å². The van der Waals surface area contributed by atoms with Crippen LogP contribution in [-0.2, 0) is 4.79 Å². The summed E-state index contributed by atoms with van der Waals surface area (Å²) in [7, 11) is 1.56. The van der Waals surface area contributed by atoms with E-state index in [4.69, 9.17) is 13.9 Å². The zero-order valence-corrected chi connectivity index (χ0v) is 15.7. The van der Waals surface area contributed by atoms with Gasteiger partial charge < -0.3 is 13.9 Å². The molecule has 0 saturated heterocycles. The number of carbonyl (C=O) groups is 1. The summed E-state index contributed by atoms with van der Waals surface area (Å²) < 4.78 is 17.1. The second-order valence-corrected chi connectivity index (χ2v) is 6.21. The minimum atomic E-state index is -0.649. The van der Waals surface area contributed by atoms with Crippen LogP contribution in [0.4, 0.5) is 0 Å². The minimum Gasteiger partial charge on any atom is -0.496 e. The van der Waals surface area contributed by atoms with Gasteiger partial charge in [-0.1, -0.05) is 18.2 Å². The second-order valence-electron chi connectivity index (χ2n) is 5.36. The molecule has 0 aliphatic heterocycles. The van der Waals surface area contributed by atoms with E-state index in [0.29, 0.717) is 26.8 Å². The van der Waals surface area contributed by atoms with Gasteiger partial charge in [0.05, 0.1) is 17.0 Å². The predicted octanol–water partition coefficient (Wildman–Crippen LogP) is 4.71. The van der Waals surface area contributed by atoms with Crippen LogP contribution in [0.1, 0.15) is 6.92 Å². The van der Waals surface area contributed by atoms with Crippen molar-refractivity contribution < 1.29 is 18.7 Å². The van der Waals surface area contributed by atoms with Gasteiger partial charge in [0.25, 0.3) is 0 Å². The first kappa shape index (κ1) is 17.9. The summed E-state index contributed by atoms with van der Waals surface area (Å²) in [5, 5.41) is 0.340. The Bertz CT molecular complexity index is 1070. The molecule has 5 nitrogen and oxygen atoms in total. The SMILES string of the molecule is CC=CC(=O)Oc1c(-c2ccc(OC)c(Br)c2)oc2ccccc2c1=O. The Hall–Kier alpha value is -2.86. The standard InChI is InChI=1S/C20H15BrO5/c1-3-6-17(22)26-20-18(23)13-7-4-5-8-15(13)25-19(20)12-9-10-16(24-2)14(21)11-12/h3-11H,1-2H3. The zero-order valence-electron chi connectivity index (χ0n) is 14.1. The van der Waals surface area contributed by atoms with Gasteiger partial charge in [-0.15, -0.1) is 0 Å². The maximum Gasteiger partial charge on any atom is 0.336 e. The van der Waals surface area contributed by atoms with Crippen LogP contribution < -0.4 is 14.9 Å². The van der Waals surface area contributed by atoms with Gasteiger partial charge in [0.1, 0.15) is 11.3 Å². The maximum absolute atomic E-state index is 12.9. The molecule has 0 spiro atoms. The van der Waals surface area contributed by atoms with Crippen molar-refractivity contribution in [3.05, 3.63) is 69.3 Å². The number of methoxy groups -OCH3 is 1. The molecule has 0 atom stereocenters. The minimum absolute atomic E-state index is 0.149. The van der Waals surface area contributed by atoms with Crippen LogP contribution in [0.15, 0.2) is 68.3 Å².